The van der Waals surface area contributed by atoms with Gasteiger partial charge in [-0.25, -0.2) is 15.0 Å². The third-order valence-electron chi connectivity index (χ3n) is 7.90. The SMILES string of the molecule is COc1cccc(-n2cnc3ccccc32)c1.COc1cccc(C)c1.Oc1cccc(-n2cnc3ccccc32)c1.c1ccc2[nH]cnc2c1. The summed E-state index contributed by atoms with van der Waals surface area (Å²) in [7, 11) is 3.35. The molecule has 3 heterocycles. The Kier molecular flexibility index (Phi) is 11.0. The number of para-hydroxylation sites is 6. The molecule has 0 saturated carbocycles. The van der Waals surface area contributed by atoms with Crippen LogP contribution in [0.25, 0.3) is 44.5 Å². The topological polar surface area (TPSA) is 103 Å². The van der Waals surface area contributed by atoms with Gasteiger partial charge in [0.2, 0.25) is 0 Å². The van der Waals surface area contributed by atoms with Gasteiger partial charge in [0.1, 0.15) is 29.9 Å². The number of nitrogens with zero attached hydrogens (tertiary/aromatic N) is 5. The summed E-state index contributed by atoms with van der Waals surface area (Å²) in [6.07, 6.45) is 5.30. The molecule has 2 N–H and O–H groups in total. The number of aromatic hydroxyl groups is 1. The number of H-pyrrole nitrogens is 1. The maximum Gasteiger partial charge on any atom is 0.120 e. The lowest BCUT2D eigenvalue weighted by Gasteiger charge is -2.06. The molecule has 9 aromatic rings. The second-order valence-electron chi connectivity index (χ2n) is 11.4. The zero-order valence-corrected chi connectivity index (χ0v) is 28.6. The second kappa shape index (κ2) is 16.5. The van der Waals surface area contributed by atoms with Crippen LogP contribution >= 0.6 is 0 Å². The number of ether oxygens (including phenoxy) is 2. The Morgan fingerprint density at radius 1 is 0.529 bits per heavy atom. The quantitative estimate of drug-likeness (QED) is 0.193. The lowest BCUT2D eigenvalue weighted by Crippen LogP contribution is -1.92. The molecule has 0 atom stereocenters. The first-order valence-electron chi connectivity index (χ1n) is 16.3. The summed E-state index contributed by atoms with van der Waals surface area (Å²) in [6, 6.07) is 47.0. The van der Waals surface area contributed by atoms with E-state index in [4.69, 9.17) is 9.47 Å². The fraction of sp³-hybridized carbons (Fsp3) is 0.0714. The minimum Gasteiger partial charge on any atom is -0.508 e. The zero-order valence-electron chi connectivity index (χ0n) is 28.6. The lowest BCUT2D eigenvalue weighted by atomic mass is 10.2. The summed E-state index contributed by atoms with van der Waals surface area (Å²) in [5.41, 5.74) is 9.39. The fourth-order valence-electron chi connectivity index (χ4n) is 5.36. The number of phenols is 1. The third-order valence-corrected chi connectivity index (χ3v) is 7.90. The van der Waals surface area contributed by atoms with Gasteiger partial charge in [0.05, 0.1) is 65.0 Å². The molecule has 0 bridgehead atoms. The van der Waals surface area contributed by atoms with Crippen molar-refractivity contribution in [3.63, 3.8) is 0 Å². The van der Waals surface area contributed by atoms with Gasteiger partial charge in [-0.1, -0.05) is 60.7 Å². The number of aromatic amines is 1. The molecule has 0 spiro atoms. The molecule has 9 heteroatoms. The molecule has 0 fully saturated rings. The smallest absolute Gasteiger partial charge is 0.120 e. The highest BCUT2D eigenvalue weighted by Gasteiger charge is 2.05. The third kappa shape index (κ3) is 8.60. The van der Waals surface area contributed by atoms with Gasteiger partial charge < -0.3 is 19.6 Å². The summed E-state index contributed by atoms with van der Waals surface area (Å²) in [4.78, 5) is 15.8. The number of methoxy groups -OCH3 is 2. The number of aryl methyl sites for hydroxylation is 1. The Morgan fingerprint density at radius 2 is 1.06 bits per heavy atom. The summed E-state index contributed by atoms with van der Waals surface area (Å²) in [5, 5.41) is 9.45. The summed E-state index contributed by atoms with van der Waals surface area (Å²) >= 11 is 0. The number of rotatable bonds is 4. The molecule has 0 aliphatic rings. The minimum atomic E-state index is 0.260. The highest BCUT2D eigenvalue weighted by molar-refractivity contribution is 5.78. The summed E-state index contributed by atoms with van der Waals surface area (Å²) < 4.78 is 14.2. The summed E-state index contributed by atoms with van der Waals surface area (Å²) in [5.74, 6) is 2.03. The van der Waals surface area contributed by atoms with Gasteiger partial charge in [-0.3, -0.25) is 9.13 Å². The van der Waals surface area contributed by atoms with Gasteiger partial charge in [-0.2, -0.15) is 0 Å². The standard InChI is InChI=1S/C14H12N2O.C13H10N2O.C8H10O.C7H6N2/c1-17-12-6-4-5-11(9-12)16-10-15-13-7-2-3-8-14(13)16;16-11-5-3-4-10(8-11)15-9-14-12-6-1-2-7-13(12)15;1-7-4-3-5-8(6-7)9-2;1-2-4-7-6(3-1)8-5-9-7/h2-10H,1H3;1-9,16H;3-6H,1-2H3;1-5H,(H,8,9). The number of nitrogens with one attached hydrogen (secondary N) is 1. The molecule has 0 unspecified atom stereocenters. The van der Waals surface area contributed by atoms with Crippen molar-refractivity contribution in [1.29, 1.82) is 0 Å². The van der Waals surface area contributed by atoms with Gasteiger partial charge in [0.25, 0.3) is 0 Å². The molecule has 0 radical (unpaired) electrons. The van der Waals surface area contributed by atoms with Crippen LogP contribution in [0.15, 0.2) is 165 Å². The molecule has 254 valence electrons. The van der Waals surface area contributed by atoms with E-state index in [2.05, 4.69) is 30.6 Å². The Labute approximate surface area is 296 Å². The molecule has 51 heavy (non-hydrogen) atoms. The molecular weight excluding hydrogens is 637 g/mol. The van der Waals surface area contributed by atoms with Gasteiger partial charge in [-0.05, 0) is 85.3 Å². The number of hydrogen-bond acceptors (Lipinski definition) is 6. The predicted octanol–water partition coefficient (Wildman–Crippen LogP) is 9.33. The average Bonchev–Trinajstić information content (AvgIpc) is 3.94. The molecule has 9 rings (SSSR count). The van der Waals surface area contributed by atoms with Crippen LogP contribution in [0.1, 0.15) is 5.56 Å². The Hall–Kier alpha value is -6.87. The van der Waals surface area contributed by atoms with Gasteiger partial charge in [0.15, 0.2) is 0 Å². The highest BCUT2D eigenvalue weighted by atomic mass is 16.5. The van der Waals surface area contributed by atoms with E-state index in [0.717, 1.165) is 56.0 Å². The first-order chi connectivity index (χ1) is 25.0. The summed E-state index contributed by atoms with van der Waals surface area (Å²) in [6.45, 7) is 2.04. The molecule has 9 nitrogen and oxygen atoms in total. The molecule has 0 saturated heterocycles. The lowest BCUT2D eigenvalue weighted by molar-refractivity contribution is 0.414. The van der Waals surface area contributed by atoms with Crippen molar-refractivity contribution in [3.8, 4) is 28.6 Å². The second-order valence-corrected chi connectivity index (χ2v) is 11.4. The van der Waals surface area contributed by atoms with Crippen LogP contribution in [0.3, 0.4) is 0 Å². The molecule has 0 aliphatic heterocycles. The Bertz CT molecular complexity index is 2430. The van der Waals surface area contributed by atoms with Crippen LogP contribution in [-0.4, -0.2) is 48.4 Å². The van der Waals surface area contributed by atoms with E-state index in [9.17, 15) is 5.11 Å². The minimum absolute atomic E-state index is 0.260. The Morgan fingerprint density at radius 3 is 1.63 bits per heavy atom. The zero-order chi connectivity index (χ0) is 35.4. The fourth-order valence-corrected chi connectivity index (χ4v) is 5.36. The van der Waals surface area contributed by atoms with Crippen molar-refractivity contribution in [2.24, 2.45) is 0 Å². The first kappa shape index (κ1) is 34.0. The normalized spacial score (nSPS) is 10.3. The van der Waals surface area contributed by atoms with Crippen LogP contribution in [0, 0.1) is 6.92 Å². The van der Waals surface area contributed by atoms with Crippen molar-refractivity contribution < 1.29 is 14.6 Å². The van der Waals surface area contributed by atoms with E-state index in [0.29, 0.717) is 0 Å². The average molecular weight is 675 g/mol. The van der Waals surface area contributed by atoms with E-state index in [1.54, 1.807) is 39.0 Å². The molecule has 0 amide bonds. The van der Waals surface area contributed by atoms with Crippen LogP contribution < -0.4 is 9.47 Å². The molecule has 0 aliphatic carbocycles. The number of imidazole rings is 3. The van der Waals surface area contributed by atoms with Crippen molar-refractivity contribution in [1.82, 2.24) is 29.1 Å². The van der Waals surface area contributed by atoms with Gasteiger partial charge in [-0.15, -0.1) is 0 Å². The van der Waals surface area contributed by atoms with E-state index < -0.39 is 0 Å². The number of fused-ring (bicyclic) bond motifs is 3. The number of phenolic OH excluding ortho intramolecular Hbond substituents is 1. The molecule has 6 aromatic carbocycles. The van der Waals surface area contributed by atoms with E-state index >= 15 is 0 Å². The van der Waals surface area contributed by atoms with Gasteiger partial charge >= 0.3 is 0 Å². The van der Waals surface area contributed by atoms with Crippen LogP contribution in [0.4, 0.5) is 0 Å². The van der Waals surface area contributed by atoms with E-state index in [1.165, 1.54) is 5.56 Å². The number of aromatic nitrogens is 6. The highest BCUT2D eigenvalue weighted by Crippen LogP contribution is 2.22. The van der Waals surface area contributed by atoms with Crippen molar-refractivity contribution in [2.45, 2.75) is 6.92 Å². The molecule has 3 aromatic heterocycles. The largest absolute Gasteiger partial charge is 0.508 e. The van der Waals surface area contributed by atoms with Crippen LogP contribution in [0.2, 0.25) is 0 Å². The maximum atomic E-state index is 9.45. The maximum absolute atomic E-state index is 9.45. The van der Waals surface area contributed by atoms with E-state index in [1.807, 2.05) is 145 Å². The molecular formula is C42H38N6O3. The van der Waals surface area contributed by atoms with Crippen molar-refractivity contribution in [3.05, 3.63) is 170 Å². The first-order valence-corrected chi connectivity index (χ1v) is 16.3. The Balaban J connectivity index is 0.000000122. The van der Waals surface area contributed by atoms with Crippen LogP contribution in [0.5, 0.6) is 17.2 Å². The van der Waals surface area contributed by atoms with Crippen LogP contribution in [-0.2, 0) is 0 Å². The number of benzene rings is 6. The van der Waals surface area contributed by atoms with Gasteiger partial charge in [0, 0.05) is 12.1 Å². The monoisotopic (exact) mass is 674 g/mol. The predicted molar refractivity (Wildman–Crippen MR) is 204 cm³/mol. The van der Waals surface area contributed by atoms with Crippen molar-refractivity contribution in [2.75, 3.05) is 14.2 Å². The van der Waals surface area contributed by atoms with Crippen molar-refractivity contribution >= 4 is 33.1 Å². The van der Waals surface area contributed by atoms with E-state index in [-0.39, 0.29) is 5.75 Å². The number of hydrogen-bond donors (Lipinski definition) is 2.